The zero-order valence-electron chi connectivity index (χ0n) is 10.5. The molecule has 1 unspecified atom stereocenters. The van der Waals surface area contributed by atoms with Gasteiger partial charge in [-0.1, -0.05) is 0 Å². The molecule has 0 aliphatic carbocycles. The Morgan fingerprint density at radius 1 is 1.50 bits per heavy atom. The summed E-state index contributed by atoms with van der Waals surface area (Å²) in [6.07, 6.45) is 5.10. The van der Waals surface area contributed by atoms with Crippen LogP contribution in [0.4, 0.5) is 0 Å². The summed E-state index contributed by atoms with van der Waals surface area (Å²) in [6.45, 7) is 5.15. The molecule has 16 heavy (non-hydrogen) atoms. The molecule has 1 aliphatic rings. The van der Waals surface area contributed by atoms with E-state index in [9.17, 15) is 5.26 Å². The first-order valence-electron chi connectivity index (χ1n) is 5.87. The van der Waals surface area contributed by atoms with Gasteiger partial charge >= 0.3 is 0 Å². The van der Waals surface area contributed by atoms with E-state index in [0.717, 1.165) is 39.0 Å². The maximum Gasteiger partial charge on any atom is 0.104 e. The van der Waals surface area contributed by atoms with E-state index in [1.807, 2.05) is 6.26 Å². The van der Waals surface area contributed by atoms with Crippen molar-refractivity contribution in [3.63, 3.8) is 0 Å². The Morgan fingerprint density at radius 3 is 2.56 bits per heavy atom. The molecule has 4 heteroatoms. The number of nitrogens with zero attached hydrogens (tertiary/aromatic N) is 2. The standard InChI is InChI=1S/C12H22N2OS/c1-11(4-9-15-2)14-7-5-12(10-13,16-3)6-8-14/h11H,4-9H2,1-3H3. The Balaban J connectivity index is 2.39. The number of piperidine rings is 1. The highest BCUT2D eigenvalue weighted by Crippen LogP contribution is 2.34. The van der Waals surface area contributed by atoms with Crippen LogP contribution in [-0.2, 0) is 4.74 Å². The molecule has 1 saturated heterocycles. The summed E-state index contributed by atoms with van der Waals surface area (Å²) in [6, 6.07) is 3.05. The third kappa shape index (κ3) is 3.38. The molecule has 0 saturated carbocycles. The average Bonchev–Trinajstić information content (AvgIpc) is 2.36. The zero-order valence-corrected chi connectivity index (χ0v) is 11.3. The van der Waals surface area contributed by atoms with Gasteiger partial charge in [0.25, 0.3) is 0 Å². The number of rotatable bonds is 5. The Hall–Kier alpha value is -0.240. The normalized spacial score (nSPS) is 22.6. The van der Waals surface area contributed by atoms with Crippen LogP contribution in [-0.4, -0.2) is 48.8 Å². The molecule has 1 fully saturated rings. The summed E-state index contributed by atoms with van der Waals surface area (Å²) in [5.74, 6) is 0. The minimum Gasteiger partial charge on any atom is -0.385 e. The van der Waals surface area contributed by atoms with Gasteiger partial charge in [-0.15, -0.1) is 11.8 Å². The van der Waals surface area contributed by atoms with Gasteiger partial charge in [-0.3, -0.25) is 0 Å². The molecule has 1 atom stereocenters. The molecule has 1 heterocycles. The monoisotopic (exact) mass is 242 g/mol. The second kappa shape index (κ2) is 6.48. The fourth-order valence-electron chi connectivity index (χ4n) is 2.16. The van der Waals surface area contributed by atoms with E-state index in [1.54, 1.807) is 18.9 Å². The van der Waals surface area contributed by atoms with Crippen molar-refractivity contribution in [3.8, 4) is 6.07 Å². The van der Waals surface area contributed by atoms with Crippen LogP contribution in [0.15, 0.2) is 0 Å². The van der Waals surface area contributed by atoms with Crippen LogP contribution in [0.1, 0.15) is 26.2 Å². The van der Waals surface area contributed by atoms with Crippen molar-refractivity contribution < 1.29 is 4.74 Å². The topological polar surface area (TPSA) is 36.3 Å². The highest BCUT2D eigenvalue weighted by Gasteiger charge is 2.34. The first-order valence-corrected chi connectivity index (χ1v) is 7.09. The van der Waals surface area contributed by atoms with Gasteiger partial charge in [0.1, 0.15) is 4.75 Å². The van der Waals surface area contributed by atoms with Crippen LogP contribution >= 0.6 is 11.8 Å². The largest absolute Gasteiger partial charge is 0.385 e. The molecule has 0 aromatic heterocycles. The lowest BCUT2D eigenvalue weighted by atomic mass is 9.96. The van der Waals surface area contributed by atoms with Crippen LogP contribution in [0, 0.1) is 11.3 Å². The van der Waals surface area contributed by atoms with Gasteiger partial charge in [-0.2, -0.15) is 5.26 Å². The van der Waals surface area contributed by atoms with Gasteiger partial charge in [0.2, 0.25) is 0 Å². The van der Waals surface area contributed by atoms with Gasteiger partial charge in [0.15, 0.2) is 0 Å². The van der Waals surface area contributed by atoms with E-state index >= 15 is 0 Å². The van der Waals surface area contributed by atoms with Crippen molar-refractivity contribution in [1.82, 2.24) is 4.90 Å². The van der Waals surface area contributed by atoms with E-state index in [-0.39, 0.29) is 4.75 Å². The second-order valence-corrected chi connectivity index (χ2v) is 5.67. The molecule has 3 nitrogen and oxygen atoms in total. The first-order chi connectivity index (χ1) is 7.67. The molecule has 0 N–H and O–H groups in total. The highest BCUT2D eigenvalue weighted by molar-refractivity contribution is 8.00. The van der Waals surface area contributed by atoms with Crippen LogP contribution in [0.25, 0.3) is 0 Å². The third-order valence-corrected chi connectivity index (χ3v) is 4.84. The molecule has 92 valence electrons. The number of thioether (sulfide) groups is 1. The maximum absolute atomic E-state index is 9.20. The molecular weight excluding hydrogens is 220 g/mol. The molecule has 0 aromatic rings. The minimum absolute atomic E-state index is 0.128. The molecule has 0 aromatic carbocycles. The lowest BCUT2D eigenvalue weighted by Gasteiger charge is -2.39. The predicted octanol–water partition coefficient (Wildman–Crippen LogP) is 2.13. The van der Waals surface area contributed by atoms with E-state index in [1.165, 1.54) is 0 Å². The SMILES string of the molecule is COCCC(C)N1CCC(C#N)(SC)CC1. The number of hydrogen-bond donors (Lipinski definition) is 0. The Morgan fingerprint density at radius 2 is 2.12 bits per heavy atom. The highest BCUT2D eigenvalue weighted by atomic mass is 32.2. The lowest BCUT2D eigenvalue weighted by molar-refractivity contribution is 0.119. The maximum atomic E-state index is 9.20. The first kappa shape index (κ1) is 13.8. The van der Waals surface area contributed by atoms with Gasteiger partial charge in [0.05, 0.1) is 6.07 Å². The van der Waals surface area contributed by atoms with Gasteiger partial charge in [0, 0.05) is 32.8 Å². The van der Waals surface area contributed by atoms with Crippen molar-refractivity contribution >= 4 is 11.8 Å². The molecule has 0 spiro atoms. The van der Waals surface area contributed by atoms with Crippen LogP contribution < -0.4 is 0 Å². The number of likely N-dealkylation sites (tertiary alicyclic amines) is 1. The number of hydrogen-bond acceptors (Lipinski definition) is 4. The van der Waals surface area contributed by atoms with Crippen molar-refractivity contribution in [1.29, 1.82) is 5.26 Å². The number of nitriles is 1. The van der Waals surface area contributed by atoms with Gasteiger partial charge in [-0.25, -0.2) is 0 Å². The third-order valence-electron chi connectivity index (χ3n) is 3.56. The lowest BCUT2D eigenvalue weighted by Crippen LogP contribution is -2.45. The molecule has 0 amide bonds. The molecule has 1 rings (SSSR count). The van der Waals surface area contributed by atoms with Crippen LogP contribution in [0.5, 0.6) is 0 Å². The smallest absolute Gasteiger partial charge is 0.104 e. The van der Waals surface area contributed by atoms with E-state index < -0.39 is 0 Å². The summed E-state index contributed by atoms with van der Waals surface area (Å²) in [5, 5.41) is 9.20. The Kier molecular flexibility index (Phi) is 5.60. The molecular formula is C12H22N2OS. The fraction of sp³-hybridized carbons (Fsp3) is 0.917. The van der Waals surface area contributed by atoms with Crippen LogP contribution in [0.2, 0.25) is 0 Å². The summed E-state index contributed by atoms with van der Waals surface area (Å²) in [5.41, 5.74) is 0. The van der Waals surface area contributed by atoms with Crippen molar-refractivity contribution in [3.05, 3.63) is 0 Å². The molecule has 1 aliphatic heterocycles. The number of methoxy groups -OCH3 is 1. The predicted molar refractivity (Wildman–Crippen MR) is 68.6 cm³/mol. The molecule has 0 radical (unpaired) electrons. The van der Waals surface area contributed by atoms with E-state index in [2.05, 4.69) is 17.9 Å². The zero-order chi connectivity index (χ0) is 12.0. The Bertz CT molecular complexity index is 244. The average molecular weight is 242 g/mol. The van der Waals surface area contributed by atoms with E-state index in [4.69, 9.17) is 4.74 Å². The second-order valence-electron chi connectivity index (χ2n) is 4.48. The van der Waals surface area contributed by atoms with Gasteiger partial charge in [-0.05, 0) is 32.4 Å². The summed E-state index contributed by atoms with van der Waals surface area (Å²) >= 11 is 1.71. The summed E-state index contributed by atoms with van der Waals surface area (Å²) in [7, 11) is 1.75. The minimum atomic E-state index is -0.128. The molecule has 0 bridgehead atoms. The van der Waals surface area contributed by atoms with Crippen LogP contribution in [0.3, 0.4) is 0 Å². The summed E-state index contributed by atoms with van der Waals surface area (Å²) < 4.78 is 4.98. The van der Waals surface area contributed by atoms with Gasteiger partial charge < -0.3 is 9.64 Å². The Labute approximate surface area is 103 Å². The fourth-order valence-corrected chi connectivity index (χ4v) is 2.84. The van der Waals surface area contributed by atoms with Crippen molar-refractivity contribution in [2.75, 3.05) is 33.1 Å². The summed E-state index contributed by atoms with van der Waals surface area (Å²) in [4.78, 5) is 2.48. The quantitative estimate of drug-likeness (QED) is 0.740. The van der Waals surface area contributed by atoms with Crippen molar-refractivity contribution in [2.24, 2.45) is 0 Å². The van der Waals surface area contributed by atoms with Crippen molar-refractivity contribution in [2.45, 2.75) is 37.0 Å². The number of ether oxygens (including phenoxy) is 1. The van der Waals surface area contributed by atoms with E-state index in [0.29, 0.717) is 6.04 Å².